The van der Waals surface area contributed by atoms with Gasteiger partial charge in [-0.3, -0.25) is 13.9 Å². The fraction of sp³-hybridized carbons (Fsp3) is 0.448. The zero-order valence-electron chi connectivity index (χ0n) is 23.2. The highest BCUT2D eigenvalue weighted by Gasteiger charge is 2.33. The molecule has 1 heterocycles. The van der Waals surface area contributed by atoms with Gasteiger partial charge in [-0.15, -0.1) is 0 Å². The molecule has 1 aromatic heterocycles. The zero-order chi connectivity index (χ0) is 29.6. The molecule has 0 saturated heterocycles. The summed E-state index contributed by atoms with van der Waals surface area (Å²) in [5, 5.41) is 0.614. The molecule has 3 aromatic rings. The van der Waals surface area contributed by atoms with Crippen LogP contribution in [0.3, 0.4) is 0 Å². The first-order chi connectivity index (χ1) is 19.6. The first-order valence-corrected chi connectivity index (χ1v) is 15.3. The third-order valence-electron chi connectivity index (χ3n) is 6.66. The van der Waals surface area contributed by atoms with Gasteiger partial charge in [0.25, 0.3) is 0 Å². The summed E-state index contributed by atoms with van der Waals surface area (Å²) in [5.41, 5.74) is 7.67. The van der Waals surface area contributed by atoms with Gasteiger partial charge in [0, 0.05) is 23.4 Å². The van der Waals surface area contributed by atoms with E-state index in [0.717, 1.165) is 24.7 Å². The second-order valence-corrected chi connectivity index (χ2v) is 11.8. The molecule has 0 atom stereocenters. The molecule has 2 N–H and O–H groups in total. The number of rotatable bonds is 17. The number of ether oxygens (including phenoxy) is 3. The number of halogens is 1. The summed E-state index contributed by atoms with van der Waals surface area (Å²) < 4.78 is 62.9. The Bertz CT molecular complexity index is 1480. The Labute approximate surface area is 238 Å². The predicted octanol–water partition coefficient (Wildman–Crippen LogP) is 4.01. The van der Waals surface area contributed by atoms with Crippen LogP contribution in [0.5, 0.6) is 0 Å². The number of nitrogens with two attached hydrogens (primary N) is 1. The SMILES string of the molecule is CCC(=O)c1c(-c2ccc(F)cc2)oc2cc(N(CCOCCOCCOCC(N)=O)S(C)(=O)=O)c(C3CC3)cc12. The summed E-state index contributed by atoms with van der Waals surface area (Å²) in [6.07, 6.45) is 3.21. The van der Waals surface area contributed by atoms with Crippen molar-refractivity contribution in [2.24, 2.45) is 5.73 Å². The predicted molar refractivity (Wildman–Crippen MR) is 152 cm³/mol. The van der Waals surface area contributed by atoms with Crippen molar-refractivity contribution in [2.45, 2.75) is 32.1 Å². The molecule has 1 aliphatic carbocycles. The van der Waals surface area contributed by atoms with E-state index in [2.05, 4.69) is 0 Å². The maximum Gasteiger partial charge on any atom is 0.243 e. The second kappa shape index (κ2) is 13.6. The van der Waals surface area contributed by atoms with Gasteiger partial charge in [-0.25, -0.2) is 12.8 Å². The third-order valence-corrected chi connectivity index (χ3v) is 7.84. The molecule has 2 aromatic carbocycles. The van der Waals surface area contributed by atoms with Gasteiger partial charge in [-0.2, -0.15) is 0 Å². The normalized spacial score (nSPS) is 13.5. The number of primary amides is 1. The summed E-state index contributed by atoms with van der Waals surface area (Å²) in [6.45, 7) is 2.78. The maximum absolute atomic E-state index is 13.6. The van der Waals surface area contributed by atoms with Crippen molar-refractivity contribution in [1.82, 2.24) is 0 Å². The van der Waals surface area contributed by atoms with Crippen molar-refractivity contribution in [3.05, 3.63) is 53.3 Å². The maximum atomic E-state index is 13.6. The first kappa shape index (κ1) is 30.6. The molecular formula is C29H35FN2O8S. The highest BCUT2D eigenvalue weighted by molar-refractivity contribution is 7.92. The molecule has 1 saturated carbocycles. The Kier molecular flexibility index (Phi) is 10.1. The number of amides is 1. The minimum Gasteiger partial charge on any atom is -0.455 e. The Morgan fingerprint density at radius 1 is 1.02 bits per heavy atom. The van der Waals surface area contributed by atoms with E-state index in [0.29, 0.717) is 33.5 Å². The van der Waals surface area contributed by atoms with Crippen LogP contribution in [0.25, 0.3) is 22.3 Å². The van der Waals surface area contributed by atoms with Crippen LogP contribution >= 0.6 is 0 Å². The average Bonchev–Trinajstić information content (AvgIpc) is 3.70. The number of fused-ring (bicyclic) bond motifs is 1. The number of benzene rings is 2. The summed E-state index contributed by atoms with van der Waals surface area (Å²) in [7, 11) is -3.69. The lowest BCUT2D eigenvalue weighted by molar-refractivity contribution is -0.123. The number of nitrogens with zero attached hydrogens (tertiary/aromatic N) is 1. The van der Waals surface area contributed by atoms with Crippen LogP contribution in [0, 0.1) is 5.82 Å². The van der Waals surface area contributed by atoms with Crippen LogP contribution in [-0.4, -0.2) is 72.6 Å². The van der Waals surface area contributed by atoms with E-state index in [4.69, 9.17) is 24.4 Å². The van der Waals surface area contributed by atoms with Crippen LogP contribution in [0.15, 0.2) is 40.8 Å². The van der Waals surface area contributed by atoms with Crippen molar-refractivity contribution in [1.29, 1.82) is 0 Å². The number of carbonyl (C=O) groups is 2. The molecule has 4 rings (SSSR count). The van der Waals surface area contributed by atoms with Crippen molar-refractivity contribution < 1.29 is 41.0 Å². The van der Waals surface area contributed by atoms with Crippen molar-refractivity contribution in [3.8, 4) is 11.3 Å². The third kappa shape index (κ3) is 7.91. The number of furan rings is 1. The molecule has 0 spiro atoms. The van der Waals surface area contributed by atoms with E-state index in [1.165, 1.54) is 16.4 Å². The van der Waals surface area contributed by atoms with Gasteiger partial charge < -0.3 is 24.4 Å². The smallest absolute Gasteiger partial charge is 0.243 e. The molecule has 0 unspecified atom stereocenters. The van der Waals surface area contributed by atoms with E-state index >= 15 is 0 Å². The largest absolute Gasteiger partial charge is 0.455 e. The minimum atomic E-state index is -3.69. The van der Waals surface area contributed by atoms with Gasteiger partial charge in [0.15, 0.2) is 5.78 Å². The molecule has 1 amide bonds. The number of hydrogen-bond donors (Lipinski definition) is 1. The van der Waals surface area contributed by atoms with Crippen molar-refractivity contribution in [3.63, 3.8) is 0 Å². The van der Waals surface area contributed by atoms with E-state index in [-0.39, 0.29) is 64.3 Å². The van der Waals surface area contributed by atoms with Gasteiger partial charge in [0.05, 0.1) is 57.1 Å². The minimum absolute atomic E-state index is 0.0675. The number of Topliss-reactive ketones (excluding diaryl/α,β-unsaturated/α-hetero) is 1. The molecular weight excluding hydrogens is 555 g/mol. The Hall–Kier alpha value is -3.32. The van der Waals surface area contributed by atoms with Crippen molar-refractivity contribution in [2.75, 3.05) is 56.7 Å². The van der Waals surface area contributed by atoms with Gasteiger partial charge in [0.2, 0.25) is 15.9 Å². The lowest BCUT2D eigenvalue weighted by Crippen LogP contribution is -2.34. The molecule has 41 heavy (non-hydrogen) atoms. The van der Waals surface area contributed by atoms with Crippen LogP contribution in [0.2, 0.25) is 0 Å². The van der Waals surface area contributed by atoms with Gasteiger partial charge in [0.1, 0.15) is 23.8 Å². The molecule has 0 radical (unpaired) electrons. The van der Waals surface area contributed by atoms with Gasteiger partial charge >= 0.3 is 0 Å². The molecule has 1 aliphatic rings. The molecule has 0 aliphatic heterocycles. The summed E-state index contributed by atoms with van der Waals surface area (Å²) >= 11 is 0. The zero-order valence-corrected chi connectivity index (χ0v) is 24.0. The van der Waals surface area contributed by atoms with Crippen LogP contribution in [-0.2, 0) is 29.0 Å². The van der Waals surface area contributed by atoms with E-state index in [1.807, 2.05) is 6.07 Å². The van der Waals surface area contributed by atoms with Gasteiger partial charge in [-0.05, 0) is 54.7 Å². The molecule has 222 valence electrons. The fourth-order valence-corrected chi connectivity index (χ4v) is 5.49. The standard InChI is InChI=1S/C29H35FN2O8S/c1-3-25(33)28-23-16-22(19-4-5-19)24(17-26(23)40-29(28)20-6-8-21(30)9-7-20)32(41(2,35)36)10-11-37-12-13-38-14-15-39-18-27(31)34/h6-9,16-17,19H,3-5,10-15,18H2,1-2H3,(H2,31,34). The van der Waals surface area contributed by atoms with Gasteiger partial charge in [-0.1, -0.05) is 6.92 Å². The molecule has 12 heteroatoms. The molecule has 10 nitrogen and oxygen atoms in total. The van der Waals surface area contributed by atoms with E-state index in [1.54, 1.807) is 25.1 Å². The molecule has 0 bridgehead atoms. The summed E-state index contributed by atoms with van der Waals surface area (Å²) in [5.74, 6) is -0.576. The number of carbonyl (C=O) groups excluding carboxylic acids is 2. The van der Waals surface area contributed by atoms with Crippen molar-refractivity contribution >= 4 is 38.4 Å². The number of ketones is 1. The Morgan fingerprint density at radius 3 is 2.24 bits per heavy atom. The topological polar surface area (TPSA) is 138 Å². The quantitative estimate of drug-likeness (QED) is 0.184. The first-order valence-electron chi connectivity index (χ1n) is 13.5. The Balaban J connectivity index is 1.55. The second-order valence-electron chi connectivity index (χ2n) is 9.85. The lowest BCUT2D eigenvalue weighted by atomic mass is 9.97. The van der Waals surface area contributed by atoms with Crippen LogP contribution in [0.1, 0.15) is 48.0 Å². The van der Waals surface area contributed by atoms with Crippen LogP contribution < -0.4 is 10.0 Å². The average molecular weight is 591 g/mol. The highest BCUT2D eigenvalue weighted by atomic mass is 32.2. The van der Waals surface area contributed by atoms with E-state index in [9.17, 15) is 22.4 Å². The lowest BCUT2D eigenvalue weighted by Gasteiger charge is -2.25. The summed E-state index contributed by atoms with van der Waals surface area (Å²) in [4.78, 5) is 23.7. The Morgan fingerprint density at radius 2 is 1.66 bits per heavy atom. The number of hydrogen-bond acceptors (Lipinski definition) is 8. The highest BCUT2D eigenvalue weighted by Crippen LogP contribution is 2.48. The summed E-state index contributed by atoms with van der Waals surface area (Å²) in [6, 6.07) is 9.27. The molecule has 1 fully saturated rings. The fourth-order valence-electron chi connectivity index (χ4n) is 4.57. The number of anilines is 1. The monoisotopic (exact) mass is 590 g/mol. The van der Waals surface area contributed by atoms with E-state index < -0.39 is 21.7 Å². The number of sulfonamides is 1. The van der Waals surface area contributed by atoms with Crippen LogP contribution in [0.4, 0.5) is 10.1 Å².